The molecule has 0 heterocycles. The van der Waals surface area contributed by atoms with Crippen LogP contribution in [-0.4, -0.2) is 11.4 Å². The van der Waals surface area contributed by atoms with Crippen LogP contribution in [0.3, 0.4) is 0 Å². The average Bonchev–Trinajstić information content (AvgIpc) is 1.84. The van der Waals surface area contributed by atoms with Crippen LogP contribution in [0.4, 0.5) is 0 Å². The Kier molecular flexibility index (Phi) is 3.52. The molecular formula is C8H18N2O. The molecule has 1 atom stereocenters. The van der Waals surface area contributed by atoms with Crippen LogP contribution in [0.5, 0.6) is 0 Å². The second-order valence-corrected chi connectivity index (χ2v) is 3.71. The molecule has 3 nitrogen and oxygen atoms in total. The third-order valence-electron chi connectivity index (χ3n) is 1.80. The topological polar surface area (TPSA) is 69.1 Å². The van der Waals surface area contributed by atoms with Crippen molar-refractivity contribution in [2.24, 2.45) is 17.4 Å². The molecule has 0 aromatic heterocycles. The third-order valence-corrected chi connectivity index (χ3v) is 1.80. The zero-order valence-corrected chi connectivity index (χ0v) is 7.55. The summed E-state index contributed by atoms with van der Waals surface area (Å²) in [5, 5.41) is 0. The van der Waals surface area contributed by atoms with E-state index in [9.17, 15) is 4.79 Å². The highest BCUT2D eigenvalue weighted by atomic mass is 16.1. The molecule has 0 fully saturated rings. The van der Waals surface area contributed by atoms with Crippen LogP contribution in [0.25, 0.3) is 0 Å². The number of hydrogen-bond donors (Lipinski definition) is 2. The van der Waals surface area contributed by atoms with E-state index in [4.69, 9.17) is 11.5 Å². The average molecular weight is 158 g/mol. The van der Waals surface area contributed by atoms with Gasteiger partial charge < -0.3 is 11.5 Å². The van der Waals surface area contributed by atoms with Crippen molar-refractivity contribution in [3.8, 4) is 0 Å². The van der Waals surface area contributed by atoms with Gasteiger partial charge in [-0.05, 0) is 25.7 Å². The Morgan fingerprint density at radius 2 is 2.00 bits per heavy atom. The summed E-state index contributed by atoms with van der Waals surface area (Å²) in [7, 11) is 0. The van der Waals surface area contributed by atoms with Crippen molar-refractivity contribution in [3.05, 3.63) is 0 Å². The number of carbonyl (C=O) groups excluding carboxylic acids is 1. The Balaban J connectivity index is 3.83. The molecule has 0 aliphatic carbocycles. The fraction of sp³-hybridized carbons (Fsp3) is 0.875. The van der Waals surface area contributed by atoms with Crippen LogP contribution in [0.1, 0.15) is 33.6 Å². The van der Waals surface area contributed by atoms with Gasteiger partial charge in [-0.2, -0.15) is 0 Å². The van der Waals surface area contributed by atoms with Crippen LogP contribution in [0, 0.1) is 5.92 Å². The van der Waals surface area contributed by atoms with Gasteiger partial charge in [-0.25, -0.2) is 0 Å². The summed E-state index contributed by atoms with van der Waals surface area (Å²) in [6.45, 7) is 5.87. The molecule has 0 saturated heterocycles. The molecule has 66 valence electrons. The molecule has 0 unspecified atom stereocenters. The Bertz CT molecular complexity index is 141. The number of carbonyl (C=O) groups is 1. The Morgan fingerprint density at radius 1 is 1.55 bits per heavy atom. The zero-order chi connectivity index (χ0) is 9.07. The highest BCUT2D eigenvalue weighted by molar-refractivity contribution is 5.83. The molecule has 0 aliphatic rings. The molecule has 0 saturated carbocycles. The van der Waals surface area contributed by atoms with Gasteiger partial charge in [-0.1, -0.05) is 13.8 Å². The fourth-order valence-corrected chi connectivity index (χ4v) is 0.712. The SMILES string of the molecule is CC(C)CC[C@@](C)(N)C(N)=O. The van der Waals surface area contributed by atoms with E-state index in [1.54, 1.807) is 6.92 Å². The van der Waals surface area contributed by atoms with Gasteiger partial charge in [0, 0.05) is 0 Å². The molecule has 0 aliphatic heterocycles. The third kappa shape index (κ3) is 3.98. The van der Waals surface area contributed by atoms with Crippen molar-refractivity contribution in [1.29, 1.82) is 0 Å². The summed E-state index contributed by atoms with van der Waals surface area (Å²) < 4.78 is 0. The van der Waals surface area contributed by atoms with Gasteiger partial charge in [0.15, 0.2) is 0 Å². The summed E-state index contributed by atoms with van der Waals surface area (Å²) in [5.74, 6) is 0.148. The number of nitrogens with two attached hydrogens (primary N) is 2. The zero-order valence-electron chi connectivity index (χ0n) is 7.55. The minimum absolute atomic E-state index is 0.418. The van der Waals surface area contributed by atoms with Crippen LogP contribution in [0.2, 0.25) is 0 Å². The largest absolute Gasteiger partial charge is 0.368 e. The first-order valence-electron chi connectivity index (χ1n) is 3.95. The maximum atomic E-state index is 10.7. The van der Waals surface area contributed by atoms with Gasteiger partial charge in [0.05, 0.1) is 5.54 Å². The van der Waals surface area contributed by atoms with Crippen molar-refractivity contribution in [2.75, 3.05) is 0 Å². The van der Waals surface area contributed by atoms with Gasteiger partial charge in [0.2, 0.25) is 5.91 Å². The van der Waals surface area contributed by atoms with Gasteiger partial charge >= 0.3 is 0 Å². The van der Waals surface area contributed by atoms with E-state index in [2.05, 4.69) is 13.8 Å². The molecule has 0 bridgehead atoms. The minimum Gasteiger partial charge on any atom is -0.368 e. The first-order valence-corrected chi connectivity index (χ1v) is 3.95. The van der Waals surface area contributed by atoms with E-state index >= 15 is 0 Å². The van der Waals surface area contributed by atoms with Crippen molar-refractivity contribution >= 4 is 5.91 Å². The number of primary amides is 1. The lowest BCUT2D eigenvalue weighted by Crippen LogP contribution is -2.49. The standard InChI is InChI=1S/C8H18N2O/c1-6(2)4-5-8(3,10)7(9)11/h6H,4-5,10H2,1-3H3,(H2,9,11)/t8-/m1/s1. The van der Waals surface area contributed by atoms with E-state index < -0.39 is 11.4 Å². The predicted molar refractivity (Wildman–Crippen MR) is 45.9 cm³/mol. The molecule has 11 heavy (non-hydrogen) atoms. The molecule has 1 amide bonds. The molecule has 0 spiro atoms. The van der Waals surface area contributed by atoms with E-state index in [1.165, 1.54) is 0 Å². The predicted octanol–water partition coefficient (Wildman–Crippen LogP) is 0.625. The van der Waals surface area contributed by atoms with Gasteiger partial charge in [0.1, 0.15) is 0 Å². The molecule has 0 rings (SSSR count). The number of hydrogen-bond acceptors (Lipinski definition) is 2. The monoisotopic (exact) mass is 158 g/mol. The summed E-state index contributed by atoms with van der Waals surface area (Å²) in [6.07, 6.45) is 1.61. The summed E-state index contributed by atoms with van der Waals surface area (Å²) in [6, 6.07) is 0. The Labute approximate surface area is 68.1 Å². The second-order valence-electron chi connectivity index (χ2n) is 3.71. The molecule has 0 radical (unpaired) electrons. The minimum atomic E-state index is -0.829. The van der Waals surface area contributed by atoms with Crippen LogP contribution >= 0.6 is 0 Å². The summed E-state index contributed by atoms with van der Waals surface area (Å²) in [4.78, 5) is 10.7. The van der Waals surface area contributed by atoms with E-state index in [0.29, 0.717) is 12.3 Å². The second kappa shape index (κ2) is 3.72. The Hall–Kier alpha value is -0.570. The highest BCUT2D eigenvalue weighted by Gasteiger charge is 2.24. The quantitative estimate of drug-likeness (QED) is 0.630. The van der Waals surface area contributed by atoms with Crippen molar-refractivity contribution in [3.63, 3.8) is 0 Å². The number of rotatable bonds is 4. The van der Waals surface area contributed by atoms with E-state index in [0.717, 1.165) is 6.42 Å². The first-order chi connectivity index (χ1) is 4.86. The molecule has 0 aromatic rings. The van der Waals surface area contributed by atoms with Gasteiger partial charge in [-0.15, -0.1) is 0 Å². The van der Waals surface area contributed by atoms with Crippen molar-refractivity contribution in [1.82, 2.24) is 0 Å². The van der Waals surface area contributed by atoms with Gasteiger partial charge in [-0.3, -0.25) is 4.79 Å². The van der Waals surface area contributed by atoms with Crippen LogP contribution in [-0.2, 0) is 4.79 Å². The Morgan fingerprint density at radius 3 is 2.27 bits per heavy atom. The maximum Gasteiger partial charge on any atom is 0.237 e. The van der Waals surface area contributed by atoms with Crippen LogP contribution < -0.4 is 11.5 Å². The van der Waals surface area contributed by atoms with E-state index in [-0.39, 0.29) is 0 Å². The lowest BCUT2D eigenvalue weighted by Gasteiger charge is -2.20. The van der Waals surface area contributed by atoms with E-state index in [1.807, 2.05) is 0 Å². The molecule has 4 N–H and O–H groups in total. The van der Waals surface area contributed by atoms with Crippen LogP contribution in [0.15, 0.2) is 0 Å². The molecule has 3 heteroatoms. The number of amides is 1. The maximum absolute atomic E-state index is 10.7. The van der Waals surface area contributed by atoms with Crippen molar-refractivity contribution < 1.29 is 4.79 Å². The lowest BCUT2D eigenvalue weighted by atomic mass is 9.92. The first kappa shape index (κ1) is 10.4. The normalized spacial score (nSPS) is 16.5. The van der Waals surface area contributed by atoms with Crippen molar-refractivity contribution in [2.45, 2.75) is 39.2 Å². The molecular weight excluding hydrogens is 140 g/mol. The smallest absolute Gasteiger partial charge is 0.237 e. The summed E-state index contributed by atoms with van der Waals surface area (Å²) >= 11 is 0. The molecule has 0 aromatic carbocycles. The highest BCUT2D eigenvalue weighted by Crippen LogP contribution is 2.12. The van der Waals surface area contributed by atoms with Gasteiger partial charge in [0.25, 0.3) is 0 Å². The summed E-state index contributed by atoms with van der Waals surface area (Å²) in [5.41, 5.74) is 9.90. The lowest BCUT2D eigenvalue weighted by molar-refractivity contribution is -0.122. The fourth-order valence-electron chi connectivity index (χ4n) is 0.712.